The number of benzene rings is 2. The van der Waals surface area contributed by atoms with Crippen LogP contribution in [-0.2, 0) is 17.8 Å². The Labute approximate surface area is 155 Å². The second kappa shape index (κ2) is 7.45. The number of nitrogens with one attached hydrogen (secondary N) is 1. The predicted octanol–water partition coefficient (Wildman–Crippen LogP) is 4.22. The molecule has 4 rings (SSSR count). The Kier molecular flexibility index (Phi) is 4.71. The number of amides is 1. The molecule has 0 saturated carbocycles. The van der Waals surface area contributed by atoms with E-state index < -0.39 is 0 Å². The first-order valence-electron chi connectivity index (χ1n) is 8.39. The van der Waals surface area contributed by atoms with Gasteiger partial charge in [-0.05, 0) is 28.5 Å². The van der Waals surface area contributed by atoms with Gasteiger partial charge in [-0.2, -0.15) is 0 Å². The van der Waals surface area contributed by atoms with Crippen molar-refractivity contribution in [3.05, 3.63) is 83.5 Å². The number of hydrogen-bond acceptors (Lipinski definition) is 4. The maximum Gasteiger partial charge on any atom is 0.224 e. The molecule has 0 aliphatic heterocycles. The summed E-state index contributed by atoms with van der Waals surface area (Å²) in [6.07, 6.45) is 2.11. The van der Waals surface area contributed by atoms with E-state index in [1.807, 2.05) is 47.8 Å². The van der Waals surface area contributed by atoms with Gasteiger partial charge in [0.15, 0.2) is 0 Å². The van der Waals surface area contributed by atoms with Crippen molar-refractivity contribution in [2.75, 3.05) is 0 Å². The highest BCUT2D eigenvalue weighted by molar-refractivity contribution is 7.13. The van der Waals surface area contributed by atoms with Crippen LogP contribution >= 0.6 is 11.3 Å². The van der Waals surface area contributed by atoms with Gasteiger partial charge in [0, 0.05) is 11.6 Å². The molecule has 4 aromatic rings. The summed E-state index contributed by atoms with van der Waals surface area (Å²) in [6.45, 7) is 0.424. The van der Waals surface area contributed by atoms with E-state index in [1.165, 1.54) is 11.3 Å². The molecule has 2 heterocycles. The molecule has 5 heteroatoms. The second-order valence-electron chi connectivity index (χ2n) is 5.95. The van der Waals surface area contributed by atoms with Crippen LogP contribution in [0.2, 0.25) is 0 Å². The number of nitrogens with zero attached hydrogens (tertiary/aromatic N) is 2. The highest BCUT2D eigenvalue weighted by Crippen LogP contribution is 2.21. The van der Waals surface area contributed by atoms with Crippen LogP contribution in [0.3, 0.4) is 0 Å². The van der Waals surface area contributed by atoms with Crippen molar-refractivity contribution in [1.29, 1.82) is 0 Å². The Morgan fingerprint density at radius 1 is 1.00 bits per heavy atom. The minimum Gasteiger partial charge on any atom is -0.350 e. The van der Waals surface area contributed by atoms with Crippen LogP contribution in [-0.4, -0.2) is 15.9 Å². The molecular formula is C21H17N3OS. The molecule has 2 aromatic carbocycles. The summed E-state index contributed by atoms with van der Waals surface area (Å²) in [5.41, 5.74) is 2.74. The fourth-order valence-electron chi connectivity index (χ4n) is 2.87. The highest BCUT2D eigenvalue weighted by Gasteiger charge is 2.09. The average Bonchev–Trinajstić information content (AvgIpc) is 3.17. The SMILES string of the molecule is O=C(Cc1cccc2ccccc12)NCc1csc(-c2ccccn2)n1. The van der Waals surface area contributed by atoms with E-state index in [0.29, 0.717) is 13.0 Å². The Morgan fingerprint density at radius 2 is 1.85 bits per heavy atom. The summed E-state index contributed by atoms with van der Waals surface area (Å²) in [5, 5.41) is 8.06. The first kappa shape index (κ1) is 16.4. The number of rotatable bonds is 5. The van der Waals surface area contributed by atoms with Crippen molar-refractivity contribution in [2.45, 2.75) is 13.0 Å². The fraction of sp³-hybridized carbons (Fsp3) is 0.0952. The molecule has 0 aliphatic carbocycles. The van der Waals surface area contributed by atoms with Crippen molar-refractivity contribution in [2.24, 2.45) is 0 Å². The summed E-state index contributed by atoms with van der Waals surface area (Å²) in [6, 6.07) is 19.9. The number of hydrogen-bond donors (Lipinski definition) is 1. The number of fused-ring (bicyclic) bond motifs is 1. The molecule has 26 heavy (non-hydrogen) atoms. The lowest BCUT2D eigenvalue weighted by Gasteiger charge is -2.07. The molecule has 0 saturated heterocycles. The zero-order valence-electron chi connectivity index (χ0n) is 14.1. The summed E-state index contributed by atoms with van der Waals surface area (Å²) < 4.78 is 0. The third kappa shape index (κ3) is 3.63. The van der Waals surface area contributed by atoms with Gasteiger partial charge in [-0.25, -0.2) is 4.98 Å². The topological polar surface area (TPSA) is 54.9 Å². The van der Waals surface area contributed by atoms with E-state index >= 15 is 0 Å². The van der Waals surface area contributed by atoms with Crippen molar-refractivity contribution in [3.63, 3.8) is 0 Å². The Hall–Kier alpha value is -3.05. The van der Waals surface area contributed by atoms with Crippen molar-refractivity contribution >= 4 is 28.0 Å². The Balaban J connectivity index is 1.41. The van der Waals surface area contributed by atoms with Crippen LogP contribution in [0.4, 0.5) is 0 Å². The third-order valence-corrected chi connectivity index (χ3v) is 5.05. The van der Waals surface area contributed by atoms with Crippen molar-refractivity contribution in [3.8, 4) is 10.7 Å². The maximum absolute atomic E-state index is 12.4. The summed E-state index contributed by atoms with van der Waals surface area (Å²) in [4.78, 5) is 21.2. The summed E-state index contributed by atoms with van der Waals surface area (Å²) in [7, 11) is 0. The third-order valence-electron chi connectivity index (χ3n) is 4.13. The van der Waals surface area contributed by atoms with E-state index in [4.69, 9.17) is 0 Å². The standard InChI is InChI=1S/C21H17N3OS/c25-20(12-16-8-5-7-15-6-1-2-9-18(15)16)23-13-17-14-26-21(24-17)19-10-3-4-11-22-19/h1-11,14H,12-13H2,(H,23,25). The lowest BCUT2D eigenvalue weighted by atomic mass is 10.0. The number of thiazole rings is 1. The van der Waals surface area contributed by atoms with Crippen LogP contribution in [0.5, 0.6) is 0 Å². The quantitative estimate of drug-likeness (QED) is 0.580. The molecule has 0 bridgehead atoms. The lowest BCUT2D eigenvalue weighted by molar-refractivity contribution is -0.120. The largest absolute Gasteiger partial charge is 0.350 e. The number of aromatic nitrogens is 2. The van der Waals surface area contributed by atoms with Gasteiger partial charge in [-0.15, -0.1) is 11.3 Å². The van der Waals surface area contributed by atoms with Gasteiger partial charge >= 0.3 is 0 Å². The van der Waals surface area contributed by atoms with Crippen molar-refractivity contribution in [1.82, 2.24) is 15.3 Å². The zero-order valence-corrected chi connectivity index (χ0v) is 14.9. The second-order valence-corrected chi connectivity index (χ2v) is 6.81. The molecule has 1 amide bonds. The van der Waals surface area contributed by atoms with E-state index in [0.717, 1.165) is 32.7 Å². The van der Waals surface area contributed by atoms with Gasteiger partial charge in [0.05, 0.1) is 24.4 Å². The highest BCUT2D eigenvalue weighted by atomic mass is 32.1. The van der Waals surface area contributed by atoms with Crippen LogP contribution < -0.4 is 5.32 Å². The molecule has 4 nitrogen and oxygen atoms in total. The van der Waals surface area contributed by atoms with E-state index in [9.17, 15) is 4.79 Å². The number of pyridine rings is 1. The van der Waals surface area contributed by atoms with Crippen molar-refractivity contribution < 1.29 is 4.79 Å². The van der Waals surface area contributed by atoms with E-state index in [-0.39, 0.29) is 5.91 Å². The average molecular weight is 359 g/mol. The normalized spacial score (nSPS) is 10.8. The number of carbonyl (C=O) groups is 1. The molecule has 1 N–H and O–H groups in total. The van der Waals surface area contributed by atoms with Crippen LogP contribution in [0.25, 0.3) is 21.5 Å². The molecule has 0 aliphatic rings. The smallest absolute Gasteiger partial charge is 0.224 e. The van der Waals surface area contributed by atoms with Gasteiger partial charge in [-0.1, -0.05) is 48.5 Å². The van der Waals surface area contributed by atoms with Crippen LogP contribution in [0.1, 0.15) is 11.3 Å². The minimum absolute atomic E-state index is 0.00580. The van der Waals surface area contributed by atoms with Gasteiger partial charge in [0.25, 0.3) is 0 Å². The first-order chi connectivity index (χ1) is 12.8. The van der Waals surface area contributed by atoms with Crippen LogP contribution in [0.15, 0.2) is 72.2 Å². The number of carbonyl (C=O) groups excluding carboxylic acids is 1. The summed E-state index contributed by atoms with van der Waals surface area (Å²) in [5.74, 6) is -0.00580. The first-order valence-corrected chi connectivity index (χ1v) is 9.27. The lowest BCUT2D eigenvalue weighted by Crippen LogP contribution is -2.24. The monoisotopic (exact) mass is 359 g/mol. The van der Waals surface area contributed by atoms with Gasteiger partial charge in [0.2, 0.25) is 5.91 Å². The van der Waals surface area contributed by atoms with Gasteiger partial charge in [0.1, 0.15) is 5.01 Å². The fourth-order valence-corrected chi connectivity index (χ4v) is 3.66. The molecule has 0 atom stereocenters. The molecule has 2 aromatic heterocycles. The summed E-state index contributed by atoms with van der Waals surface area (Å²) >= 11 is 1.54. The minimum atomic E-state index is -0.00580. The molecule has 0 fully saturated rings. The van der Waals surface area contributed by atoms with Gasteiger partial charge < -0.3 is 5.32 Å². The van der Waals surface area contributed by atoms with E-state index in [2.05, 4.69) is 33.5 Å². The maximum atomic E-state index is 12.4. The molecular weight excluding hydrogens is 342 g/mol. The molecule has 0 spiro atoms. The molecule has 0 radical (unpaired) electrons. The molecule has 0 unspecified atom stereocenters. The Bertz CT molecular complexity index is 1040. The predicted molar refractivity (Wildman–Crippen MR) is 105 cm³/mol. The zero-order chi connectivity index (χ0) is 17.8. The molecule has 128 valence electrons. The van der Waals surface area contributed by atoms with Crippen LogP contribution in [0, 0.1) is 0 Å². The Morgan fingerprint density at radius 3 is 2.73 bits per heavy atom. The van der Waals surface area contributed by atoms with Gasteiger partial charge in [-0.3, -0.25) is 9.78 Å². The van der Waals surface area contributed by atoms with E-state index in [1.54, 1.807) is 6.20 Å².